The van der Waals surface area contributed by atoms with Crippen LogP contribution in [0.25, 0.3) is 0 Å². The zero-order chi connectivity index (χ0) is 12.8. The van der Waals surface area contributed by atoms with Gasteiger partial charge in [-0.25, -0.2) is 4.39 Å². The molecule has 0 unspecified atom stereocenters. The molecule has 0 radical (unpaired) electrons. The summed E-state index contributed by atoms with van der Waals surface area (Å²) >= 11 is 0. The topological polar surface area (TPSA) is 0 Å². The summed E-state index contributed by atoms with van der Waals surface area (Å²) in [4.78, 5) is 0. The van der Waals surface area contributed by atoms with Crippen molar-refractivity contribution < 1.29 is 4.39 Å². The Kier molecular flexibility index (Phi) is 5.14. The van der Waals surface area contributed by atoms with Crippen molar-refractivity contribution in [3.05, 3.63) is 58.4 Å². The van der Waals surface area contributed by atoms with E-state index in [1.807, 2.05) is 13.0 Å². The van der Waals surface area contributed by atoms with Crippen LogP contribution in [0.5, 0.6) is 0 Å². The normalized spacial score (nSPS) is 14.4. The molecule has 2 rings (SSSR count). The van der Waals surface area contributed by atoms with Crippen molar-refractivity contribution in [2.45, 2.75) is 40.5 Å². The van der Waals surface area contributed by atoms with E-state index in [4.69, 9.17) is 0 Å². The first-order chi connectivity index (χ1) is 7.99. The maximum atomic E-state index is 12.6. The van der Waals surface area contributed by atoms with Crippen LogP contribution in [0, 0.1) is 19.7 Å². The van der Waals surface area contributed by atoms with Gasteiger partial charge < -0.3 is 0 Å². The van der Waals surface area contributed by atoms with Gasteiger partial charge in [0, 0.05) is 0 Å². The van der Waals surface area contributed by atoms with Crippen molar-refractivity contribution in [1.82, 2.24) is 0 Å². The van der Waals surface area contributed by atoms with Crippen LogP contribution in [-0.2, 0) is 0 Å². The summed E-state index contributed by atoms with van der Waals surface area (Å²) < 4.78 is 12.6. The van der Waals surface area contributed by atoms with Crippen LogP contribution in [0.4, 0.5) is 4.39 Å². The van der Waals surface area contributed by atoms with Crippen LogP contribution in [-0.4, -0.2) is 0 Å². The summed E-state index contributed by atoms with van der Waals surface area (Å²) in [5.74, 6) is -0.116. The third-order valence-corrected chi connectivity index (χ3v) is 2.89. The van der Waals surface area contributed by atoms with Crippen LogP contribution >= 0.6 is 0 Å². The van der Waals surface area contributed by atoms with Crippen molar-refractivity contribution in [3.8, 4) is 0 Å². The van der Waals surface area contributed by atoms with Crippen molar-refractivity contribution in [2.75, 3.05) is 0 Å². The summed E-state index contributed by atoms with van der Waals surface area (Å²) in [5.41, 5.74) is 4.70. The van der Waals surface area contributed by atoms with E-state index in [0.29, 0.717) is 5.56 Å². The summed E-state index contributed by atoms with van der Waals surface area (Å²) in [6.45, 7) is 8.00. The van der Waals surface area contributed by atoms with Gasteiger partial charge in [0.2, 0.25) is 0 Å². The number of hydrogen-bond acceptors (Lipinski definition) is 0. The second-order valence-electron chi connectivity index (χ2n) is 4.78. The van der Waals surface area contributed by atoms with Crippen LogP contribution in [0.15, 0.2) is 41.5 Å². The number of halogens is 1. The lowest BCUT2D eigenvalue weighted by Gasteiger charge is -2.05. The predicted octanol–water partition coefficient (Wildman–Crippen LogP) is 5.12. The molecule has 1 aliphatic carbocycles. The third-order valence-electron chi connectivity index (χ3n) is 2.89. The van der Waals surface area contributed by atoms with Crippen molar-refractivity contribution in [2.24, 2.45) is 0 Å². The maximum Gasteiger partial charge on any atom is 0.126 e. The van der Waals surface area contributed by atoms with Crippen molar-refractivity contribution in [1.29, 1.82) is 0 Å². The number of aryl methyl sites for hydroxylation is 2. The minimum atomic E-state index is -0.116. The molecule has 0 N–H and O–H groups in total. The lowest BCUT2D eigenvalue weighted by molar-refractivity contribution is 0.617. The average molecular weight is 232 g/mol. The quantitative estimate of drug-likeness (QED) is 0.582. The van der Waals surface area contributed by atoms with Gasteiger partial charge in [-0.15, -0.1) is 0 Å². The van der Waals surface area contributed by atoms with Gasteiger partial charge in [-0.1, -0.05) is 35.4 Å². The van der Waals surface area contributed by atoms with Crippen LogP contribution in [0.2, 0.25) is 0 Å². The van der Waals surface area contributed by atoms with E-state index in [2.05, 4.69) is 26.0 Å². The molecule has 1 heteroatoms. The standard InChI is InChI=1S/C8H9F.C8H12/c1-6-3-4-7(2)8(9)5-6;1-7-3-5-8(2)6-4-7/h3-5H,1-2H3;3,5H,4,6H2,1-2H3. The van der Waals surface area contributed by atoms with E-state index >= 15 is 0 Å². The van der Waals surface area contributed by atoms with Gasteiger partial charge in [-0.2, -0.15) is 0 Å². The Balaban J connectivity index is 0.000000171. The molecule has 0 saturated carbocycles. The summed E-state index contributed by atoms with van der Waals surface area (Å²) in [6, 6.07) is 5.22. The van der Waals surface area contributed by atoms with Crippen LogP contribution in [0.1, 0.15) is 37.8 Å². The summed E-state index contributed by atoms with van der Waals surface area (Å²) in [5, 5.41) is 0. The Hall–Kier alpha value is -1.37. The van der Waals surface area contributed by atoms with Gasteiger partial charge in [0.25, 0.3) is 0 Å². The molecule has 0 amide bonds. The fourth-order valence-electron chi connectivity index (χ4n) is 1.54. The molecule has 0 atom stereocenters. The molecule has 17 heavy (non-hydrogen) atoms. The smallest absolute Gasteiger partial charge is 0.126 e. The number of allylic oxidation sites excluding steroid dienone is 4. The number of rotatable bonds is 0. The Morgan fingerprint density at radius 1 is 0.882 bits per heavy atom. The van der Waals surface area contributed by atoms with E-state index in [9.17, 15) is 4.39 Å². The number of benzene rings is 1. The molecule has 0 heterocycles. The van der Waals surface area contributed by atoms with E-state index in [1.54, 1.807) is 13.0 Å². The lowest BCUT2D eigenvalue weighted by atomic mass is 10.0. The molecule has 1 aromatic rings. The molecular formula is C16H21F. The molecule has 0 bridgehead atoms. The highest BCUT2D eigenvalue weighted by atomic mass is 19.1. The van der Waals surface area contributed by atoms with Gasteiger partial charge in [-0.3, -0.25) is 0 Å². The van der Waals surface area contributed by atoms with Crippen LogP contribution < -0.4 is 0 Å². The maximum absolute atomic E-state index is 12.6. The highest BCUT2D eigenvalue weighted by molar-refractivity contribution is 5.22. The number of hydrogen-bond donors (Lipinski definition) is 0. The lowest BCUT2D eigenvalue weighted by Crippen LogP contribution is -1.85. The molecule has 0 nitrogen and oxygen atoms in total. The molecule has 1 aromatic carbocycles. The zero-order valence-corrected chi connectivity index (χ0v) is 11.2. The van der Waals surface area contributed by atoms with Gasteiger partial charge in [0.15, 0.2) is 0 Å². The van der Waals surface area contributed by atoms with Crippen molar-refractivity contribution >= 4 is 0 Å². The molecule has 0 aromatic heterocycles. The fourth-order valence-corrected chi connectivity index (χ4v) is 1.54. The Labute approximate surface area is 104 Å². The first-order valence-electron chi connectivity index (χ1n) is 6.04. The Bertz CT molecular complexity index is 421. The van der Waals surface area contributed by atoms with E-state index in [1.165, 1.54) is 30.1 Å². The largest absolute Gasteiger partial charge is 0.207 e. The second kappa shape index (κ2) is 6.39. The fraction of sp³-hybridized carbons (Fsp3) is 0.375. The molecule has 0 aliphatic heterocycles. The van der Waals surface area contributed by atoms with Crippen molar-refractivity contribution in [3.63, 3.8) is 0 Å². The molecule has 92 valence electrons. The molecule has 1 aliphatic rings. The first-order valence-corrected chi connectivity index (χ1v) is 6.04. The second-order valence-corrected chi connectivity index (χ2v) is 4.78. The van der Waals surface area contributed by atoms with E-state index < -0.39 is 0 Å². The average Bonchev–Trinajstić information content (AvgIpc) is 2.29. The van der Waals surface area contributed by atoms with Crippen LogP contribution in [0.3, 0.4) is 0 Å². The minimum Gasteiger partial charge on any atom is -0.207 e. The van der Waals surface area contributed by atoms with Gasteiger partial charge in [0.1, 0.15) is 5.82 Å². The molecule has 0 fully saturated rings. The highest BCUT2D eigenvalue weighted by Gasteiger charge is 1.95. The Morgan fingerprint density at radius 3 is 1.76 bits per heavy atom. The van der Waals surface area contributed by atoms with E-state index in [-0.39, 0.29) is 5.82 Å². The minimum absolute atomic E-state index is 0.116. The third kappa shape index (κ3) is 4.99. The zero-order valence-electron chi connectivity index (χ0n) is 11.2. The monoisotopic (exact) mass is 232 g/mol. The summed E-state index contributed by atoms with van der Waals surface area (Å²) in [7, 11) is 0. The Morgan fingerprint density at radius 2 is 1.41 bits per heavy atom. The van der Waals surface area contributed by atoms with E-state index in [0.717, 1.165) is 5.56 Å². The highest BCUT2D eigenvalue weighted by Crippen LogP contribution is 2.16. The SMILES string of the molecule is CC1=CC=C(C)CC1.Cc1ccc(C)c(F)c1. The molecule has 0 saturated heterocycles. The van der Waals surface area contributed by atoms with Gasteiger partial charge in [-0.05, 0) is 57.7 Å². The predicted molar refractivity (Wildman–Crippen MR) is 72.6 cm³/mol. The first kappa shape index (κ1) is 13.7. The molecular weight excluding hydrogens is 211 g/mol. The van der Waals surface area contributed by atoms with Gasteiger partial charge in [0.05, 0.1) is 0 Å². The van der Waals surface area contributed by atoms with Gasteiger partial charge >= 0.3 is 0 Å². The molecule has 0 spiro atoms. The summed E-state index contributed by atoms with van der Waals surface area (Å²) in [6.07, 6.45) is 6.95.